The lowest BCUT2D eigenvalue weighted by Crippen LogP contribution is -2.48. The molecule has 2 aliphatic rings. The molecule has 36 heavy (non-hydrogen) atoms. The van der Waals surface area contributed by atoms with Crippen LogP contribution in [0.4, 0.5) is 26.6 Å². The number of aromatic nitrogens is 2. The van der Waals surface area contributed by atoms with Gasteiger partial charge in [-0.25, -0.2) is 14.2 Å². The van der Waals surface area contributed by atoms with Gasteiger partial charge in [-0.1, -0.05) is 11.6 Å². The molecule has 1 aliphatic carbocycles. The standard InChI is InChI=1S/C25H34ClFN6O3/c1-6-32-23-15(13-28-24(30-23)29-16-8-10-17(11-9-16)31(3)4)14-33(25(32)34)22-20(26)18(36-7-2)12-19(35-5)21(22)27/h12-13,16-17H,6-11,14H2,1-5H3,(H,28,29,30). The van der Waals surface area contributed by atoms with Gasteiger partial charge in [-0.05, 0) is 53.6 Å². The van der Waals surface area contributed by atoms with Crippen LogP contribution in [0.5, 0.6) is 11.5 Å². The molecule has 11 heteroatoms. The first kappa shape index (κ1) is 26.2. The van der Waals surface area contributed by atoms with Crippen LogP contribution >= 0.6 is 11.6 Å². The number of benzene rings is 1. The first-order valence-electron chi connectivity index (χ1n) is 12.4. The third-order valence-electron chi connectivity index (χ3n) is 6.86. The fourth-order valence-corrected chi connectivity index (χ4v) is 5.18. The average Bonchev–Trinajstić information content (AvgIpc) is 2.86. The Morgan fingerprint density at radius 2 is 1.94 bits per heavy atom. The smallest absolute Gasteiger partial charge is 0.330 e. The highest BCUT2D eigenvalue weighted by molar-refractivity contribution is 6.35. The van der Waals surface area contributed by atoms with Crippen molar-refractivity contribution in [3.8, 4) is 11.5 Å². The van der Waals surface area contributed by atoms with Gasteiger partial charge in [0.2, 0.25) is 5.95 Å². The molecule has 4 rings (SSSR count). The summed E-state index contributed by atoms with van der Waals surface area (Å²) in [4.78, 5) is 27.8. The minimum Gasteiger partial charge on any atom is -0.493 e. The molecule has 2 amide bonds. The molecule has 2 aromatic rings. The number of carbonyl (C=O) groups excluding carboxylic acids is 1. The third kappa shape index (κ3) is 5.01. The van der Waals surface area contributed by atoms with E-state index in [0.29, 0.717) is 36.5 Å². The molecule has 2 heterocycles. The van der Waals surface area contributed by atoms with E-state index in [4.69, 9.17) is 21.1 Å². The van der Waals surface area contributed by atoms with Gasteiger partial charge in [-0.3, -0.25) is 9.80 Å². The number of anilines is 3. The number of carbonyl (C=O) groups is 1. The molecule has 9 nitrogen and oxygen atoms in total. The fraction of sp³-hybridized carbons (Fsp3) is 0.560. The number of amides is 2. The molecule has 0 atom stereocenters. The Bertz CT molecular complexity index is 1110. The summed E-state index contributed by atoms with van der Waals surface area (Å²) >= 11 is 6.52. The zero-order chi connectivity index (χ0) is 26.0. The van der Waals surface area contributed by atoms with E-state index in [1.54, 1.807) is 13.1 Å². The predicted molar refractivity (Wildman–Crippen MR) is 139 cm³/mol. The van der Waals surface area contributed by atoms with Gasteiger partial charge in [0.1, 0.15) is 22.3 Å². The second-order valence-corrected chi connectivity index (χ2v) is 9.63. The number of rotatable bonds is 8. The molecular formula is C25H34ClFN6O3. The van der Waals surface area contributed by atoms with Crippen molar-refractivity contribution in [3.63, 3.8) is 0 Å². The lowest BCUT2D eigenvalue weighted by atomic mass is 9.91. The van der Waals surface area contributed by atoms with Crippen molar-refractivity contribution in [2.75, 3.05) is 49.5 Å². The van der Waals surface area contributed by atoms with Gasteiger partial charge in [0.05, 0.1) is 20.3 Å². The first-order valence-corrected chi connectivity index (χ1v) is 12.7. The van der Waals surface area contributed by atoms with Crippen molar-refractivity contribution in [1.29, 1.82) is 0 Å². The molecule has 0 radical (unpaired) electrons. The van der Waals surface area contributed by atoms with Crippen LogP contribution in [-0.4, -0.2) is 67.3 Å². The van der Waals surface area contributed by atoms with E-state index in [1.165, 1.54) is 23.0 Å². The van der Waals surface area contributed by atoms with Gasteiger partial charge < -0.3 is 19.7 Å². The molecule has 1 saturated carbocycles. The third-order valence-corrected chi connectivity index (χ3v) is 7.23. The lowest BCUT2D eigenvalue weighted by Gasteiger charge is -2.36. The van der Waals surface area contributed by atoms with Crippen molar-refractivity contribution in [1.82, 2.24) is 14.9 Å². The highest BCUT2D eigenvalue weighted by Gasteiger charge is 2.36. The van der Waals surface area contributed by atoms with E-state index in [9.17, 15) is 4.79 Å². The molecule has 1 aliphatic heterocycles. The van der Waals surface area contributed by atoms with Crippen LogP contribution in [0.3, 0.4) is 0 Å². The van der Waals surface area contributed by atoms with Crippen molar-refractivity contribution in [3.05, 3.63) is 28.7 Å². The Kier molecular flexibility index (Phi) is 8.04. The number of fused-ring (bicyclic) bond motifs is 1. The summed E-state index contributed by atoms with van der Waals surface area (Å²) in [5.74, 6) is 0.466. The topological polar surface area (TPSA) is 83.1 Å². The maximum atomic E-state index is 15.4. The van der Waals surface area contributed by atoms with Crippen molar-refractivity contribution in [2.24, 2.45) is 0 Å². The summed E-state index contributed by atoms with van der Waals surface area (Å²) in [5.41, 5.74) is 0.600. The van der Waals surface area contributed by atoms with E-state index in [0.717, 1.165) is 25.7 Å². The quantitative estimate of drug-likeness (QED) is 0.528. The van der Waals surface area contributed by atoms with Gasteiger partial charge in [0, 0.05) is 36.5 Å². The predicted octanol–water partition coefficient (Wildman–Crippen LogP) is 4.93. The van der Waals surface area contributed by atoms with Crippen molar-refractivity contribution < 1.29 is 18.7 Å². The van der Waals surface area contributed by atoms with Gasteiger partial charge in [-0.15, -0.1) is 0 Å². The molecule has 0 spiro atoms. The Labute approximate surface area is 216 Å². The zero-order valence-electron chi connectivity index (χ0n) is 21.5. The molecule has 1 aromatic heterocycles. The Balaban J connectivity index is 1.62. The highest BCUT2D eigenvalue weighted by Crippen LogP contribution is 2.44. The summed E-state index contributed by atoms with van der Waals surface area (Å²) in [5, 5.41) is 3.45. The van der Waals surface area contributed by atoms with Gasteiger partial charge in [0.25, 0.3) is 0 Å². The summed E-state index contributed by atoms with van der Waals surface area (Å²) < 4.78 is 26.1. The van der Waals surface area contributed by atoms with E-state index >= 15 is 4.39 Å². The molecule has 1 fully saturated rings. The minimum absolute atomic E-state index is 0.00975. The first-order chi connectivity index (χ1) is 17.3. The van der Waals surface area contributed by atoms with E-state index in [1.807, 2.05) is 6.92 Å². The fourth-order valence-electron chi connectivity index (χ4n) is 4.89. The second kappa shape index (κ2) is 11.0. The van der Waals surface area contributed by atoms with Crippen LogP contribution in [-0.2, 0) is 6.54 Å². The lowest BCUT2D eigenvalue weighted by molar-refractivity contribution is 0.221. The number of methoxy groups -OCH3 is 1. The van der Waals surface area contributed by atoms with Gasteiger partial charge >= 0.3 is 6.03 Å². The Morgan fingerprint density at radius 1 is 1.22 bits per heavy atom. The van der Waals surface area contributed by atoms with Gasteiger partial charge in [-0.2, -0.15) is 4.98 Å². The number of ether oxygens (including phenoxy) is 2. The van der Waals surface area contributed by atoms with Crippen LogP contribution in [0.1, 0.15) is 45.1 Å². The van der Waals surface area contributed by atoms with Crippen LogP contribution in [0, 0.1) is 5.82 Å². The summed E-state index contributed by atoms with van der Waals surface area (Å²) in [6.07, 6.45) is 5.97. The Hall–Kier alpha value is -2.85. The molecule has 0 saturated heterocycles. The van der Waals surface area contributed by atoms with Gasteiger partial charge in [0.15, 0.2) is 11.6 Å². The molecule has 1 aromatic carbocycles. The number of urea groups is 1. The molecule has 196 valence electrons. The van der Waals surface area contributed by atoms with Crippen LogP contribution in [0.15, 0.2) is 12.3 Å². The molecule has 1 N–H and O–H groups in total. The highest BCUT2D eigenvalue weighted by atomic mass is 35.5. The molecular weight excluding hydrogens is 487 g/mol. The van der Waals surface area contributed by atoms with E-state index in [-0.39, 0.29) is 34.8 Å². The normalized spacial score (nSPS) is 19.9. The number of nitrogens with zero attached hydrogens (tertiary/aromatic N) is 5. The van der Waals surface area contributed by atoms with Crippen LogP contribution < -0.4 is 24.6 Å². The number of hydrogen-bond acceptors (Lipinski definition) is 7. The average molecular weight is 521 g/mol. The van der Waals surface area contributed by atoms with Crippen molar-refractivity contribution in [2.45, 2.75) is 58.2 Å². The monoisotopic (exact) mass is 520 g/mol. The molecule has 0 unspecified atom stereocenters. The van der Waals surface area contributed by atoms with E-state index < -0.39 is 11.8 Å². The maximum Gasteiger partial charge on any atom is 0.330 e. The number of hydrogen-bond donors (Lipinski definition) is 1. The summed E-state index contributed by atoms with van der Waals surface area (Å²) in [6.45, 7) is 4.37. The molecule has 0 bridgehead atoms. The van der Waals surface area contributed by atoms with Crippen LogP contribution in [0.2, 0.25) is 5.02 Å². The summed E-state index contributed by atoms with van der Waals surface area (Å²) in [7, 11) is 5.59. The number of halogens is 2. The SMILES string of the molecule is CCOc1cc(OC)c(F)c(N2Cc3cnc(NC4CCC(N(C)C)CC4)nc3N(CC)C2=O)c1Cl. The minimum atomic E-state index is -0.730. The number of nitrogens with one attached hydrogen (secondary N) is 1. The zero-order valence-corrected chi connectivity index (χ0v) is 22.2. The Morgan fingerprint density at radius 3 is 2.56 bits per heavy atom. The van der Waals surface area contributed by atoms with Crippen molar-refractivity contribution >= 4 is 35.1 Å². The van der Waals surface area contributed by atoms with E-state index in [2.05, 4.69) is 34.3 Å². The van der Waals surface area contributed by atoms with Crippen LogP contribution in [0.25, 0.3) is 0 Å². The summed E-state index contributed by atoms with van der Waals surface area (Å²) in [6, 6.07) is 1.83. The largest absolute Gasteiger partial charge is 0.493 e. The maximum absolute atomic E-state index is 15.4. The second-order valence-electron chi connectivity index (χ2n) is 9.26.